The van der Waals surface area contributed by atoms with Crippen molar-refractivity contribution in [1.82, 2.24) is 0 Å². The Labute approximate surface area is 77.9 Å². The molecular formula is C10H15NO2. The summed E-state index contributed by atoms with van der Waals surface area (Å²) in [7, 11) is 0. The minimum atomic E-state index is -0.448. The Balaban J connectivity index is 2.68. The fourth-order valence-corrected chi connectivity index (χ4v) is 1.10. The number of Topliss-reactive ketones (excluding diaryl/α,β-unsaturated/α-hetero) is 1. The van der Waals surface area contributed by atoms with E-state index in [1.54, 1.807) is 12.1 Å². The quantitative estimate of drug-likeness (QED) is 0.721. The summed E-state index contributed by atoms with van der Waals surface area (Å²) in [5.74, 6) is 0.435. The molecule has 2 N–H and O–H groups in total. The minimum absolute atomic E-state index is 0.112. The normalized spacial score (nSPS) is 15.3. The summed E-state index contributed by atoms with van der Waals surface area (Å²) >= 11 is 0. The average Bonchev–Trinajstić information content (AvgIpc) is 2.67. The average molecular weight is 181 g/mol. The largest absolute Gasteiger partial charge is 0.461 e. The van der Waals surface area contributed by atoms with Crippen LogP contribution in [0.25, 0.3) is 0 Å². The monoisotopic (exact) mass is 181 g/mol. The predicted octanol–water partition coefficient (Wildman–Crippen LogP) is 1.84. The summed E-state index contributed by atoms with van der Waals surface area (Å²) in [5.41, 5.74) is 5.75. The van der Waals surface area contributed by atoms with Gasteiger partial charge in [-0.25, -0.2) is 0 Å². The Morgan fingerprint density at radius 2 is 2.38 bits per heavy atom. The first-order valence-corrected chi connectivity index (χ1v) is 4.50. The lowest BCUT2D eigenvalue weighted by molar-refractivity contribution is 0.0907. The highest BCUT2D eigenvalue weighted by Gasteiger charge is 2.22. The van der Waals surface area contributed by atoms with Crippen LogP contribution in [0.1, 0.15) is 30.8 Å². The van der Waals surface area contributed by atoms with E-state index >= 15 is 0 Å². The Kier molecular flexibility index (Phi) is 3.25. The van der Waals surface area contributed by atoms with Gasteiger partial charge < -0.3 is 10.2 Å². The molecule has 0 aromatic carbocycles. The number of ketones is 1. The second kappa shape index (κ2) is 4.23. The molecule has 13 heavy (non-hydrogen) atoms. The third kappa shape index (κ3) is 2.18. The van der Waals surface area contributed by atoms with Gasteiger partial charge in [0.05, 0.1) is 12.3 Å². The standard InChI is InChI=1S/C10H15NO2/c1-3-7(2)9(11)10(12)8-5-4-6-13-8/h4-7,9H,3,11H2,1-2H3. The minimum Gasteiger partial charge on any atom is -0.461 e. The molecule has 0 aliphatic heterocycles. The molecule has 2 atom stereocenters. The smallest absolute Gasteiger partial charge is 0.214 e. The van der Waals surface area contributed by atoms with E-state index in [2.05, 4.69) is 0 Å². The first-order chi connectivity index (χ1) is 6.16. The molecule has 0 saturated heterocycles. The molecule has 0 fully saturated rings. The van der Waals surface area contributed by atoms with Gasteiger partial charge in [0, 0.05) is 0 Å². The summed E-state index contributed by atoms with van der Waals surface area (Å²) in [4.78, 5) is 11.6. The number of furan rings is 1. The van der Waals surface area contributed by atoms with Crippen LogP contribution >= 0.6 is 0 Å². The maximum Gasteiger partial charge on any atom is 0.214 e. The molecule has 3 nitrogen and oxygen atoms in total. The highest BCUT2D eigenvalue weighted by Crippen LogP contribution is 2.11. The number of rotatable bonds is 4. The van der Waals surface area contributed by atoms with Crippen molar-refractivity contribution in [3.8, 4) is 0 Å². The molecule has 1 rings (SSSR count). The van der Waals surface area contributed by atoms with Gasteiger partial charge in [-0.15, -0.1) is 0 Å². The van der Waals surface area contributed by atoms with Gasteiger partial charge in [0.25, 0.3) is 0 Å². The van der Waals surface area contributed by atoms with Gasteiger partial charge in [0.15, 0.2) is 5.76 Å². The van der Waals surface area contributed by atoms with Crippen LogP contribution in [0, 0.1) is 5.92 Å². The zero-order valence-corrected chi connectivity index (χ0v) is 7.99. The van der Waals surface area contributed by atoms with E-state index in [4.69, 9.17) is 10.2 Å². The van der Waals surface area contributed by atoms with Crippen LogP contribution in [0.15, 0.2) is 22.8 Å². The molecule has 72 valence electrons. The van der Waals surface area contributed by atoms with Gasteiger partial charge in [0.2, 0.25) is 5.78 Å². The Hall–Kier alpha value is -1.09. The van der Waals surface area contributed by atoms with Crippen LogP contribution in [-0.4, -0.2) is 11.8 Å². The van der Waals surface area contributed by atoms with E-state index in [0.29, 0.717) is 5.76 Å². The molecule has 0 saturated carbocycles. The fourth-order valence-electron chi connectivity index (χ4n) is 1.10. The zero-order valence-electron chi connectivity index (χ0n) is 7.99. The lowest BCUT2D eigenvalue weighted by Crippen LogP contribution is -2.36. The van der Waals surface area contributed by atoms with E-state index in [1.807, 2.05) is 13.8 Å². The second-order valence-corrected chi connectivity index (χ2v) is 3.25. The van der Waals surface area contributed by atoms with Crippen molar-refractivity contribution in [3.63, 3.8) is 0 Å². The third-order valence-corrected chi connectivity index (χ3v) is 2.32. The van der Waals surface area contributed by atoms with E-state index in [9.17, 15) is 4.79 Å². The van der Waals surface area contributed by atoms with E-state index < -0.39 is 6.04 Å². The van der Waals surface area contributed by atoms with E-state index in [0.717, 1.165) is 6.42 Å². The molecule has 1 aromatic heterocycles. The van der Waals surface area contributed by atoms with Gasteiger partial charge in [-0.1, -0.05) is 20.3 Å². The number of hydrogen-bond acceptors (Lipinski definition) is 3. The Morgan fingerprint density at radius 1 is 1.69 bits per heavy atom. The lowest BCUT2D eigenvalue weighted by atomic mass is 9.95. The van der Waals surface area contributed by atoms with Gasteiger partial charge >= 0.3 is 0 Å². The molecule has 0 spiro atoms. The van der Waals surface area contributed by atoms with Crippen LogP contribution in [0.4, 0.5) is 0 Å². The summed E-state index contributed by atoms with van der Waals surface area (Å²) in [6, 6.07) is 2.89. The van der Waals surface area contributed by atoms with Crippen LogP contribution in [0.3, 0.4) is 0 Å². The summed E-state index contributed by atoms with van der Waals surface area (Å²) in [6.45, 7) is 3.98. The van der Waals surface area contributed by atoms with Crippen molar-refractivity contribution in [3.05, 3.63) is 24.2 Å². The maximum absolute atomic E-state index is 11.6. The highest BCUT2D eigenvalue weighted by atomic mass is 16.3. The van der Waals surface area contributed by atoms with E-state index in [1.165, 1.54) is 6.26 Å². The van der Waals surface area contributed by atoms with Crippen molar-refractivity contribution in [1.29, 1.82) is 0 Å². The molecule has 0 aliphatic carbocycles. The highest BCUT2D eigenvalue weighted by molar-refractivity contribution is 5.97. The van der Waals surface area contributed by atoms with Crippen molar-refractivity contribution in [2.45, 2.75) is 26.3 Å². The topological polar surface area (TPSA) is 56.2 Å². The summed E-state index contributed by atoms with van der Waals surface area (Å²) in [6.07, 6.45) is 2.38. The van der Waals surface area contributed by atoms with Crippen molar-refractivity contribution in [2.75, 3.05) is 0 Å². The maximum atomic E-state index is 11.6. The summed E-state index contributed by atoms with van der Waals surface area (Å²) < 4.78 is 4.98. The van der Waals surface area contributed by atoms with Crippen molar-refractivity contribution < 1.29 is 9.21 Å². The van der Waals surface area contributed by atoms with Gasteiger partial charge in [-0.2, -0.15) is 0 Å². The number of carbonyl (C=O) groups is 1. The molecule has 3 heteroatoms. The molecule has 0 radical (unpaired) electrons. The van der Waals surface area contributed by atoms with Gasteiger partial charge in [-0.05, 0) is 18.1 Å². The molecule has 1 aromatic rings. The third-order valence-electron chi connectivity index (χ3n) is 2.32. The Morgan fingerprint density at radius 3 is 2.85 bits per heavy atom. The molecule has 2 unspecified atom stereocenters. The SMILES string of the molecule is CCC(C)C(N)C(=O)c1ccco1. The number of carbonyl (C=O) groups excluding carboxylic acids is 1. The van der Waals surface area contributed by atoms with Crippen molar-refractivity contribution >= 4 is 5.78 Å². The molecule has 0 aliphatic rings. The predicted molar refractivity (Wildman–Crippen MR) is 50.5 cm³/mol. The zero-order chi connectivity index (χ0) is 9.84. The second-order valence-electron chi connectivity index (χ2n) is 3.25. The molecule has 1 heterocycles. The molecule has 0 amide bonds. The molecule has 0 bridgehead atoms. The number of nitrogens with two attached hydrogens (primary N) is 1. The fraction of sp³-hybridized carbons (Fsp3) is 0.500. The first kappa shape index (κ1) is 9.99. The first-order valence-electron chi connectivity index (χ1n) is 4.50. The molecular weight excluding hydrogens is 166 g/mol. The van der Waals surface area contributed by atoms with Gasteiger partial charge in [-0.3, -0.25) is 4.79 Å². The Bertz CT molecular complexity index is 266. The summed E-state index contributed by atoms with van der Waals surface area (Å²) in [5, 5.41) is 0. The lowest BCUT2D eigenvalue weighted by Gasteiger charge is -2.15. The van der Waals surface area contributed by atoms with Crippen molar-refractivity contribution in [2.24, 2.45) is 11.7 Å². The number of hydrogen-bond donors (Lipinski definition) is 1. The van der Waals surface area contributed by atoms with E-state index in [-0.39, 0.29) is 11.7 Å². The van der Waals surface area contributed by atoms with Crippen LogP contribution in [-0.2, 0) is 0 Å². The van der Waals surface area contributed by atoms with Crippen LogP contribution in [0.5, 0.6) is 0 Å². The van der Waals surface area contributed by atoms with Crippen LogP contribution in [0.2, 0.25) is 0 Å². The van der Waals surface area contributed by atoms with Gasteiger partial charge in [0.1, 0.15) is 0 Å². The van der Waals surface area contributed by atoms with Crippen LogP contribution < -0.4 is 5.73 Å².